The monoisotopic (exact) mass is 411 g/mol. The third kappa shape index (κ3) is 3.84. The summed E-state index contributed by atoms with van der Waals surface area (Å²) in [5.74, 6) is 0.846. The molecule has 0 spiro atoms. The Kier molecular flexibility index (Phi) is 5.50. The van der Waals surface area contributed by atoms with E-state index >= 15 is 0 Å². The van der Waals surface area contributed by atoms with Gasteiger partial charge in [-0.3, -0.25) is 9.48 Å². The van der Waals surface area contributed by atoms with E-state index in [9.17, 15) is 4.79 Å². The minimum atomic E-state index is -0.493. The lowest BCUT2D eigenvalue weighted by Gasteiger charge is -2.29. The molecule has 0 saturated heterocycles. The van der Waals surface area contributed by atoms with Crippen LogP contribution in [0.5, 0.6) is 0 Å². The average Bonchev–Trinajstić information content (AvgIpc) is 3.45. The molecule has 152 valence electrons. The first-order valence-corrected chi connectivity index (χ1v) is 10.5. The number of furan rings is 1. The Bertz CT molecular complexity index is 970. The van der Waals surface area contributed by atoms with Crippen molar-refractivity contribution in [2.75, 3.05) is 6.54 Å². The molecule has 2 heterocycles. The number of amides is 1. The average molecular weight is 412 g/mol. The van der Waals surface area contributed by atoms with Crippen molar-refractivity contribution >= 4 is 17.5 Å². The number of carbonyl (C=O) groups is 1. The topological polar surface area (TPSA) is 60.1 Å². The van der Waals surface area contributed by atoms with Crippen LogP contribution < -0.4 is 5.32 Å². The van der Waals surface area contributed by atoms with E-state index in [0.29, 0.717) is 11.6 Å². The van der Waals surface area contributed by atoms with Crippen LogP contribution in [-0.4, -0.2) is 22.2 Å². The van der Waals surface area contributed by atoms with Crippen molar-refractivity contribution in [1.82, 2.24) is 15.1 Å². The van der Waals surface area contributed by atoms with Crippen molar-refractivity contribution in [1.29, 1.82) is 0 Å². The van der Waals surface area contributed by atoms with Crippen LogP contribution in [-0.2, 0) is 10.2 Å². The Labute approximate surface area is 176 Å². The van der Waals surface area contributed by atoms with Gasteiger partial charge in [-0.05, 0) is 62.6 Å². The van der Waals surface area contributed by atoms with Crippen LogP contribution in [0.3, 0.4) is 0 Å². The number of nitrogens with one attached hydrogen (secondary N) is 1. The highest BCUT2D eigenvalue weighted by atomic mass is 35.5. The van der Waals surface area contributed by atoms with Crippen LogP contribution in [0.25, 0.3) is 0 Å². The van der Waals surface area contributed by atoms with Crippen LogP contribution in [0.15, 0.2) is 53.1 Å². The molecular weight excluding hydrogens is 386 g/mol. The predicted molar refractivity (Wildman–Crippen MR) is 113 cm³/mol. The van der Waals surface area contributed by atoms with Crippen molar-refractivity contribution < 1.29 is 9.21 Å². The zero-order valence-corrected chi connectivity index (χ0v) is 17.6. The summed E-state index contributed by atoms with van der Waals surface area (Å²) < 4.78 is 7.60. The van der Waals surface area contributed by atoms with Gasteiger partial charge in [-0.1, -0.05) is 36.6 Å². The fourth-order valence-electron chi connectivity index (χ4n) is 4.50. The lowest BCUT2D eigenvalue weighted by molar-refractivity contribution is -0.126. The van der Waals surface area contributed by atoms with E-state index in [1.165, 1.54) is 0 Å². The molecule has 1 fully saturated rings. The van der Waals surface area contributed by atoms with E-state index < -0.39 is 5.41 Å². The largest absolute Gasteiger partial charge is 0.467 e. The highest BCUT2D eigenvalue weighted by Gasteiger charge is 2.42. The molecule has 1 saturated carbocycles. The molecule has 29 heavy (non-hydrogen) atoms. The fraction of sp³-hybridized carbons (Fsp3) is 0.391. The fourth-order valence-corrected chi connectivity index (χ4v) is 4.63. The number of hydrogen-bond acceptors (Lipinski definition) is 3. The molecule has 3 aromatic rings. The van der Waals surface area contributed by atoms with Gasteiger partial charge in [0.05, 0.1) is 17.4 Å². The van der Waals surface area contributed by atoms with Gasteiger partial charge in [0, 0.05) is 17.3 Å². The number of aromatic nitrogens is 2. The molecule has 1 aromatic carbocycles. The maximum Gasteiger partial charge on any atom is 0.230 e. The Morgan fingerprint density at radius 3 is 2.55 bits per heavy atom. The minimum Gasteiger partial charge on any atom is -0.467 e. The summed E-state index contributed by atoms with van der Waals surface area (Å²) in [5.41, 5.74) is 2.52. The van der Waals surface area contributed by atoms with Gasteiger partial charge in [0.25, 0.3) is 0 Å². The smallest absolute Gasteiger partial charge is 0.230 e. The zero-order chi connectivity index (χ0) is 20.4. The number of hydrogen-bond donors (Lipinski definition) is 1. The van der Waals surface area contributed by atoms with Gasteiger partial charge in [-0.2, -0.15) is 5.10 Å². The second-order valence-electron chi connectivity index (χ2n) is 7.91. The van der Waals surface area contributed by atoms with E-state index in [1.54, 1.807) is 6.26 Å². The highest BCUT2D eigenvalue weighted by molar-refractivity contribution is 6.30. The molecule has 1 N–H and O–H groups in total. The van der Waals surface area contributed by atoms with Gasteiger partial charge in [-0.25, -0.2) is 0 Å². The van der Waals surface area contributed by atoms with Crippen molar-refractivity contribution in [3.05, 3.63) is 76.5 Å². The summed E-state index contributed by atoms with van der Waals surface area (Å²) in [5, 5.41) is 8.51. The van der Waals surface area contributed by atoms with Gasteiger partial charge in [0.2, 0.25) is 5.91 Å². The van der Waals surface area contributed by atoms with Crippen LogP contribution in [0.2, 0.25) is 5.02 Å². The third-order valence-corrected chi connectivity index (χ3v) is 6.21. The summed E-state index contributed by atoms with van der Waals surface area (Å²) in [4.78, 5) is 13.4. The van der Waals surface area contributed by atoms with Crippen molar-refractivity contribution in [3.8, 4) is 0 Å². The van der Waals surface area contributed by atoms with E-state index in [4.69, 9.17) is 16.0 Å². The first kappa shape index (κ1) is 19.8. The summed E-state index contributed by atoms with van der Waals surface area (Å²) in [6.45, 7) is 4.41. The lowest BCUT2D eigenvalue weighted by Crippen LogP contribution is -2.44. The lowest BCUT2D eigenvalue weighted by atomic mass is 9.78. The van der Waals surface area contributed by atoms with Crippen LogP contribution >= 0.6 is 11.6 Å². The van der Waals surface area contributed by atoms with E-state index in [1.807, 2.05) is 61.0 Å². The number of carbonyl (C=O) groups excluding carboxylic acids is 1. The van der Waals surface area contributed by atoms with Crippen LogP contribution in [0.4, 0.5) is 0 Å². The molecule has 0 aliphatic heterocycles. The highest BCUT2D eigenvalue weighted by Crippen LogP contribution is 2.41. The summed E-state index contributed by atoms with van der Waals surface area (Å²) in [6, 6.07) is 13.3. The summed E-state index contributed by atoms with van der Waals surface area (Å²) in [7, 11) is 0. The van der Waals surface area contributed by atoms with E-state index in [-0.39, 0.29) is 11.9 Å². The molecule has 5 nitrogen and oxygen atoms in total. The van der Waals surface area contributed by atoms with E-state index in [2.05, 4.69) is 10.4 Å². The second kappa shape index (κ2) is 8.07. The number of nitrogens with zero attached hydrogens (tertiary/aromatic N) is 2. The van der Waals surface area contributed by atoms with Gasteiger partial charge in [0.1, 0.15) is 11.8 Å². The molecular formula is C23H26ClN3O2. The van der Waals surface area contributed by atoms with Gasteiger partial charge in [-0.15, -0.1) is 0 Å². The Morgan fingerprint density at radius 1 is 1.24 bits per heavy atom. The van der Waals surface area contributed by atoms with Crippen LogP contribution in [0.1, 0.15) is 54.4 Å². The number of halogens is 1. The molecule has 0 unspecified atom stereocenters. The number of benzene rings is 1. The Morgan fingerprint density at radius 2 is 1.97 bits per heavy atom. The predicted octanol–water partition coefficient (Wildman–Crippen LogP) is 4.96. The van der Waals surface area contributed by atoms with Crippen molar-refractivity contribution in [2.45, 2.75) is 51.0 Å². The minimum absolute atomic E-state index is 0.0652. The number of rotatable bonds is 6. The van der Waals surface area contributed by atoms with Crippen molar-refractivity contribution in [3.63, 3.8) is 0 Å². The molecule has 1 atom stereocenters. The molecule has 0 bridgehead atoms. The molecule has 6 heteroatoms. The first-order valence-electron chi connectivity index (χ1n) is 10.1. The molecule has 0 radical (unpaired) electrons. The Balaban J connectivity index is 1.58. The molecule has 1 aliphatic carbocycles. The summed E-state index contributed by atoms with van der Waals surface area (Å²) in [6.07, 6.45) is 5.46. The summed E-state index contributed by atoms with van der Waals surface area (Å²) >= 11 is 6.07. The molecule has 2 aromatic heterocycles. The standard InChI is InChI=1S/C23H26ClN3O2/c1-16-14-17(2)27(26-16)20(21-6-5-13-29-21)15-25-22(28)23(11-3-4-12-23)18-7-9-19(24)10-8-18/h5-10,13-14,20H,3-4,11-12,15H2,1-2H3,(H,25,28)/t20-/m1/s1. The van der Waals surface area contributed by atoms with Gasteiger partial charge >= 0.3 is 0 Å². The van der Waals surface area contributed by atoms with E-state index in [0.717, 1.165) is 48.4 Å². The van der Waals surface area contributed by atoms with Gasteiger partial charge < -0.3 is 9.73 Å². The second-order valence-corrected chi connectivity index (χ2v) is 8.35. The maximum atomic E-state index is 13.4. The zero-order valence-electron chi connectivity index (χ0n) is 16.8. The van der Waals surface area contributed by atoms with Crippen LogP contribution in [0, 0.1) is 13.8 Å². The normalized spacial score (nSPS) is 16.7. The van der Waals surface area contributed by atoms with Gasteiger partial charge in [0.15, 0.2) is 0 Å². The first-order chi connectivity index (χ1) is 14.0. The Hall–Kier alpha value is -2.53. The number of aryl methyl sites for hydroxylation is 2. The maximum absolute atomic E-state index is 13.4. The third-order valence-electron chi connectivity index (χ3n) is 5.96. The molecule has 4 rings (SSSR count). The van der Waals surface area contributed by atoms with Crippen molar-refractivity contribution in [2.24, 2.45) is 0 Å². The SMILES string of the molecule is Cc1cc(C)n([C@H](CNC(=O)C2(c3ccc(Cl)cc3)CCCC2)c2ccco2)n1. The quantitative estimate of drug-likeness (QED) is 0.623. The molecule has 1 aliphatic rings. The molecule has 1 amide bonds.